The highest BCUT2D eigenvalue weighted by Gasteiger charge is 2.20. The highest BCUT2D eigenvalue weighted by molar-refractivity contribution is 5.72. The molecule has 0 bridgehead atoms. The van der Waals surface area contributed by atoms with Crippen LogP contribution in [-0.2, 0) is 4.79 Å². The maximum atomic E-state index is 10.1. The SMILES string of the molecule is CCC[C@H](N)[C@@H](O)C(=O)O. The van der Waals surface area contributed by atoms with E-state index in [1.807, 2.05) is 6.92 Å². The van der Waals surface area contributed by atoms with Crippen LogP contribution in [0.2, 0.25) is 0 Å². The maximum Gasteiger partial charge on any atom is 0.334 e. The Morgan fingerprint density at radius 2 is 2.20 bits per heavy atom. The van der Waals surface area contributed by atoms with Crippen LogP contribution in [0.5, 0.6) is 0 Å². The Morgan fingerprint density at radius 1 is 1.70 bits per heavy atom. The van der Waals surface area contributed by atoms with E-state index >= 15 is 0 Å². The van der Waals surface area contributed by atoms with Crippen LogP contribution >= 0.6 is 0 Å². The molecule has 0 fully saturated rings. The smallest absolute Gasteiger partial charge is 0.334 e. The molecule has 4 nitrogen and oxygen atoms in total. The van der Waals surface area contributed by atoms with Gasteiger partial charge in [-0.05, 0) is 6.42 Å². The van der Waals surface area contributed by atoms with Crippen LogP contribution in [0.25, 0.3) is 0 Å². The van der Waals surface area contributed by atoms with Crippen molar-refractivity contribution in [1.82, 2.24) is 0 Å². The van der Waals surface area contributed by atoms with Gasteiger partial charge in [0.05, 0.1) is 0 Å². The zero-order chi connectivity index (χ0) is 8.15. The molecule has 2 atom stereocenters. The number of aliphatic carboxylic acids is 1. The minimum absolute atomic E-state index is 0.535. The summed E-state index contributed by atoms with van der Waals surface area (Å²) < 4.78 is 0. The Labute approximate surface area is 59.7 Å². The van der Waals surface area contributed by atoms with E-state index in [1.54, 1.807) is 0 Å². The summed E-state index contributed by atoms with van der Waals surface area (Å²) >= 11 is 0. The lowest BCUT2D eigenvalue weighted by molar-refractivity contribution is -0.147. The topological polar surface area (TPSA) is 83.5 Å². The molecule has 0 aromatic carbocycles. The van der Waals surface area contributed by atoms with E-state index < -0.39 is 18.1 Å². The van der Waals surface area contributed by atoms with Crippen molar-refractivity contribution in [3.8, 4) is 0 Å². The molecule has 0 aromatic rings. The number of hydrogen-bond acceptors (Lipinski definition) is 3. The fourth-order valence-electron chi connectivity index (χ4n) is 0.674. The average Bonchev–Trinajstić information content (AvgIpc) is 1.87. The molecular weight excluding hydrogens is 134 g/mol. The highest BCUT2D eigenvalue weighted by Crippen LogP contribution is 1.98. The Hall–Kier alpha value is -0.610. The number of aliphatic hydroxyl groups excluding tert-OH is 1. The van der Waals surface area contributed by atoms with Crippen molar-refractivity contribution < 1.29 is 15.0 Å². The number of rotatable bonds is 4. The van der Waals surface area contributed by atoms with Gasteiger partial charge in [0, 0.05) is 6.04 Å². The molecule has 60 valence electrons. The second-order valence-corrected chi connectivity index (χ2v) is 2.24. The molecule has 0 saturated heterocycles. The van der Waals surface area contributed by atoms with Crippen LogP contribution < -0.4 is 5.73 Å². The molecule has 4 heteroatoms. The zero-order valence-electron chi connectivity index (χ0n) is 5.95. The fraction of sp³-hybridized carbons (Fsp3) is 0.833. The molecular formula is C6H13NO3. The van der Waals surface area contributed by atoms with Crippen LogP contribution in [-0.4, -0.2) is 28.3 Å². The average molecular weight is 147 g/mol. The van der Waals surface area contributed by atoms with Gasteiger partial charge in [-0.1, -0.05) is 13.3 Å². The lowest BCUT2D eigenvalue weighted by Gasteiger charge is -2.12. The van der Waals surface area contributed by atoms with Crippen molar-refractivity contribution in [2.45, 2.75) is 31.9 Å². The van der Waals surface area contributed by atoms with Gasteiger partial charge in [-0.2, -0.15) is 0 Å². The first-order chi connectivity index (χ1) is 4.59. The first kappa shape index (κ1) is 9.39. The predicted octanol–water partition coefficient (Wildman–Crippen LogP) is -0.441. The Morgan fingerprint density at radius 3 is 2.50 bits per heavy atom. The molecule has 0 spiro atoms. The fourth-order valence-corrected chi connectivity index (χ4v) is 0.674. The van der Waals surface area contributed by atoms with Crippen LogP contribution in [0.15, 0.2) is 0 Å². The van der Waals surface area contributed by atoms with Gasteiger partial charge < -0.3 is 15.9 Å². The van der Waals surface area contributed by atoms with Crippen molar-refractivity contribution in [1.29, 1.82) is 0 Å². The number of hydrogen-bond donors (Lipinski definition) is 3. The first-order valence-electron chi connectivity index (χ1n) is 3.26. The maximum absolute atomic E-state index is 10.1. The van der Waals surface area contributed by atoms with Gasteiger partial charge in [0.1, 0.15) is 0 Å². The summed E-state index contributed by atoms with van der Waals surface area (Å²) in [6, 6.07) is -0.637. The molecule has 0 amide bonds. The highest BCUT2D eigenvalue weighted by atomic mass is 16.4. The van der Waals surface area contributed by atoms with Crippen LogP contribution in [0.4, 0.5) is 0 Å². The standard InChI is InChI=1S/C6H13NO3/c1-2-3-4(7)5(8)6(9)10/h4-5,8H,2-3,7H2,1H3,(H,9,10)/t4-,5+/m0/s1. The summed E-state index contributed by atoms with van der Waals surface area (Å²) in [5, 5.41) is 17.1. The summed E-state index contributed by atoms with van der Waals surface area (Å²) in [6.07, 6.45) is -0.0983. The van der Waals surface area contributed by atoms with E-state index in [-0.39, 0.29) is 0 Å². The molecule has 0 unspecified atom stereocenters. The summed E-state index contributed by atoms with van der Waals surface area (Å²) in [7, 11) is 0. The number of carbonyl (C=O) groups is 1. The van der Waals surface area contributed by atoms with Gasteiger partial charge in [0.15, 0.2) is 6.10 Å². The van der Waals surface area contributed by atoms with Crippen molar-refractivity contribution >= 4 is 5.97 Å². The molecule has 0 heterocycles. The van der Waals surface area contributed by atoms with E-state index in [1.165, 1.54) is 0 Å². The third-order valence-corrected chi connectivity index (χ3v) is 1.28. The van der Waals surface area contributed by atoms with Crippen molar-refractivity contribution in [2.24, 2.45) is 5.73 Å². The van der Waals surface area contributed by atoms with Crippen molar-refractivity contribution in [3.63, 3.8) is 0 Å². The van der Waals surface area contributed by atoms with Crippen LogP contribution in [0, 0.1) is 0 Å². The second-order valence-electron chi connectivity index (χ2n) is 2.24. The van der Waals surface area contributed by atoms with E-state index in [4.69, 9.17) is 15.9 Å². The van der Waals surface area contributed by atoms with E-state index in [0.717, 1.165) is 6.42 Å². The minimum atomic E-state index is -1.42. The Kier molecular flexibility index (Phi) is 3.99. The van der Waals surface area contributed by atoms with Crippen molar-refractivity contribution in [3.05, 3.63) is 0 Å². The summed E-state index contributed by atoms with van der Waals surface area (Å²) in [6.45, 7) is 1.88. The molecule has 0 rings (SSSR count). The minimum Gasteiger partial charge on any atom is -0.479 e. The quantitative estimate of drug-likeness (QED) is 0.503. The molecule has 10 heavy (non-hydrogen) atoms. The molecule has 0 saturated carbocycles. The number of carboxylic acids is 1. The summed E-state index contributed by atoms with van der Waals surface area (Å²) in [5.74, 6) is -1.25. The third-order valence-electron chi connectivity index (χ3n) is 1.28. The normalized spacial score (nSPS) is 16.3. The molecule has 0 aliphatic heterocycles. The van der Waals surface area contributed by atoms with Crippen LogP contribution in [0.3, 0.4) is 0 Å². The zero-order valence-corrected chi connectivity index (χ0v) is 5.95. The molecule has 0 aromatic heterocycles. The molecule has 0 aliphatic rings. The first-order valence-corrected chi connectivity index (χ1v) is 3.26. The second kappa shape index (κ2) is 4.24. The third kappa shape index (κ3) is 2.80. The van der Waals surface area contributed by atoms with Crippen molar-refractivity contribution in [2.75, 3.05) is 0 Å². The largest absolute Gasteiger partial charge is 0.479 e. The van der Waals surface area contributed by atoms with E-state index in [2.05, 4.69) is 0 Å². The number of aliphatic hydroxyl groups is 1. The number of carboxylic acid groups (broad SMARTS) is 1. The lowest BCUT2D eigenvalue weighted by atomic mass is 10.1. The van der Waals surface area contributed by atoms with Crippen LogP contribution in [0.1, 0.15) is 19.8 Å². The van der Waals surface area contributed by atoms with Gasteiger partial charge in [0.2, 0.25) is 0 Å². The molecule has 4 N–H and O–H groups in total. The summed E-state index contributed by atoms with van der Waals surface area (Å²) in [5.41, 5.74) is 5.30. The Balaban J connectivity index is 3.69. The summed E-state index contributed by atoms with van der Waals surface area (Å²) in [4.78, 5) is 10.1. The van der Waals surface area contributed by atoms with Gasteiger partial charge in [0.25, 0.3) is 0 Å². The van der Waals surface area contributed by atoms with Gasteiger partial charge in [-0.15, -0.1) is 0 Å². The van der Waals surface area contributed by atoms with Gasteiger partial charge >= 0.3 is 5.97 Å². The lowest BCUT2D eigenvalue weighted by Crippen LogP contribution is -2.40. The monoisotopic (exact) mass is 147 g/mol. The van der Waals surface area contributed by atoms with Gasteiger partial charge in [-0.3, -0.25) is 0 Å². The number of nitrogens with two attached hydrogens (primary N) is 1. The predicted molar refractivity (Wildman–Crippen MR) is 36.5 cm³/mol. The van der Waals surface area contributed by atoms with Gasteiger partial charge in [-0.25, -0.2) is 4.79 Å². The Bertz CT molecular complexity index is 116. The van der Waals surface area contributed by atoms with E-state index in [0.29, 0.717) is 6.42 Å². The molecule has 0 radical (unpaired) electrons. The molecule has 0 aliphatic carbocycles. The van der Waals surface area contributed by atoms with E-state index in [9.17, 15) is 4.79 Å².